The van der Waals surface area contributed by atoms with Crippen molar-refractivity contribution in [3.8, 4) is 33.4 Å². The molecule has 1 aromatic heterocycles. The van der Waals surface area contributed by atoms with Crippen LogP contribution in [0.5, 0.6) is 0 Å². The van der Waals surface area contributed by atoms with Gasteiger partial charge in [0.2, 0.25) is 0 Å². The van der Waals surface area contributed by atoms with Crippen LogP contribution in [0.3, 0.4) is 0 Å². The van der Waals surface area contributed by atoms with Gasteiger partial charge in [0.15, 0.2) is 0 Å². The Hall–Kier alpha value is -3.68. The predicted octanol–water partition coefficient (Wildman–Crippen LogP) is 9.36. The molecule has 6 aromatic rings. The van der Waals surface area contributed by atoms with E-state index in [-0.39, 0.29) is 0 Å². The van der Waals surface area contributed by atoms with Gasteiger partial charge in [0, 0.05) is 20.2 Å². The Balaban J connectivity index is 1.52. The molecule has 0 spiro atoms. The van der Waals surface area contributed by atoms with Crippen LogP contribution in [0.1, 0.15) is 5.56 Å². The van der Waals surface area contributed by atoms with Gasteiger partial charge < -0.3 is 0 Å². The molecule has 0 saturated carbocycles. The number of hydrogen-bond donors (Lipinski definition) is 0. The Morgan fingerprint density at radius 1 is 0.438 bits per heavy atom. The van der Waals surface area contributed by atoms with Crippen molar-refractivity contribution in [1.82, 2.24) is 0 Å². The zero-order valence-corrected chi connectivity index (χ0v) is 18.7. The highest BCUT2D eigenvalue weighted by atomic mass is 32.1. The van der Waals surface area contributed by atoms with Gasteiger partial charge in [0.1, 0.15) is 0 Å². The summed E-state index contributed by atoms with van der Waals surface area (Å²) in [5.74, 6) is 0. The van der Waals surface area contributed by atoms with Gasteiger partial charge in [-0.05, 0) is 40.3 Å². The van der Waals surface area contributed by atoms with Crippen LogP contribution in [0.25, 0.3) is 53.6 Å². The van der Waals surface area contributed by atoms with Crippen LogP contribution in [0.15, 0.2) is 115 Å². The molecule has 0 aliphatic carbocycles. The number of hydrogen-bond acceptors (Lipinski definition) is 1. The number of thiophene rings is 1. The summed E-state index contributed by atoms with van der Waals surface area (Å²) in [6, 6.07) is 41.7. The van der Waals surface area contributed by atoms with Crippen LogP contribution in [-0.2, 0) is 0 Å². The minimum atomic E-state index is 1.25. The predicted molar refractivity (Wildman–Crippen MR) is 140 cm³/mol. The monoisotopic (exact) mass is 426 g/mol. The molecular weight excluding hydrogens is 404 g/mol. The standard InChI is InChI=1S/C31H22S/c1-21-8-5-11-25(20-21)27-13-7-15-29-28-14-6-12-26(30(28)32-31(27)29)24-18-16-23(17-19-24)22-9-3-2-4-10-22/h2-20H,1H3. The second kappa shape index (κ2) is 7.78. The molecule has 0 bridgehead atoms. The molecule has 1 heterocycles. The fourth-order valence-electron chi connectivity index (χ4n) is 4.56. The molecule has 6 rings (SSSR count). The minimum Gasteiger partial charge on any atom is -0.134 e. The van der Waals surface area contributed by atoms with E-state index in [0.29, 0.717) is 0 Å². The fraction of sp³-hybridized carbons (Fsp3) is 0.0323. The minimum absolute atomic E-state index is 1.25. The first-order valence-electron chi connectivity index (χ1n) is 10.9. The molecule has 0 nitrogen and oxygen atoms in total. The van der Waals surface area contributed by atoms with Gasteiger partial charge in [0.25, 0.3) is 0 Å². The number of fused-ring (bicyclic) bond motifs is 3. The van der Waals surface area contributed by atoms with E-state index in [9.17, 15) is 0 Å². The summed E-state index contributed by atoms with van der Waals surface area (Å²) in [6.07, 6.45) is 0. The molecule has 0 N–H and O–H groups in total. The fourth-order valence-corrected chi connectivity index (χ4v) is 5.93. The second-order valence-electron chi connectivity index (χ2n) is 8.28. The van der Waals surface area contributed by atoms with Crippen molar-refractivity contribution in [3.05, 3.63) is 121 Å². The molecule has 32 heavy (non-hydrogen) atoms. The van der Waals surface area contributed by atoms with Crippen LogP contribution < -0.4 is 0 Å². The summed E-state index contributed by atoms with van der Waals surface area (Å²) in [5.41, 5.74) is 8.97. The summed E-state index contributed by atoms with van der Waals surface area (Å²) in [5, 5.41) is 2.68. The summed E-state index contributed by atoms with van der Waals surface area (Å²) < 4.78 is 2.72. The summed E-state index contributed by atoms with van der Waals surface area (Å²) in [7, 11) is 0. The van der Waals surface area contributed by atoms with Crippen molar-refractivity contribution in [2.24, 2.45) is 0 Å². The zero-order valence-electron chi connectivity index (χ0n) is 17.9. The maximum atomic E-state index is 2.28. The lowest BCUT2D eigenvalue weighted by Gasteiger charge is -2.06. The molecule has 0 amide bonds. The summed E-state index contributed by atoms with van der Waals surface area (Å²) in [6.45, 7) is 2.16. The van der Waals surface area contributed by atoms with E-state index < -0.39 is 0 Å². The normalized spacial score (nSPS) is 11.3. The van der Waals surface area contributed by atoms with Gasteiger partial charge in [-0.2, -0.15) is 0 Å². The van der Waals surface area contributed by atoms with Gasteiger partial charge in [-0.1, -0.05) is 121 Å². The Labute approximate surface area is 192 Å². The third-order valence-corrected chi connectivity index (χ3v) is 7.44. The van der Waals surface area contributed by atoms with Crippen molar-refractivity contribution < 1.29 is 0 Å². The third kappa shape index (κ3) is 3.23. The number of benzene rings is 5. The Bertz CT molecular complexity index is 1550. The first-order chi connectivity index (χ1) is 15.8. The van der Waals surface area contributed by atoms with Gasteiger partial charge in [-0.3, -0.25) is 0 Å². The Morgan fingerprint density at radius 3 is 1.62 bits per heavy atom. The molecule has 152 valence electrons. The summed E-state index contributed by atoms with van der Waals surface area (Å²) in [4.78, 5) is 0. The van der Waals surface area contributed by atoms with Crippen molar-refractivity contribution >= 4 is 31.5 Å². The molecule has 0 radical (unpaired) electrons. The maximum Gasteiger partial charge on any atom is 0.0434 e. The first-order valence-corrected chi connectivity index (χ1v) is 11.8. The van der Waals surface area contributed by atoms with Crippen LogP contribution in [0.4, 0.5) is 0 Å². The third-order valence-electron chi connectivity index (χ3n) is 6.16. The van der Waals surface area contributed by atoms with E-state index >= 15 is 0 Å². The van der Waals surface area contributed by atoms with Crippen LogP contribution in [-0.4, -0.2) is 0 Å². The van der Waals surface area contributed by atoms with Gasteiger partial charge in [0.05, 0.1) is 0 Å². The highest BCUT2D eigenvalue weighted by Gasteiger charge is 2.13. The number of rotatable bonds is 3. The van der Waals surface area contributed by atoms with Crippen LogP contribution in [0.2, 0.25) is 0 Å². The van der Waals surface area contributed by atoms with Gasteiger partial charge in [-0.25, -0.2) is 0 Å². The average molecular weight is 427 g/mol. The zero-order chi connectivity index (χ0) is 21.5. The molecule has 0 saturated heterocycles. The van der Waals surface area contributed by atoms with Crippen LogP contribution >= 0.6 is 11.3 Å². The lowest BCUT2D eigenvalue weighted by molar-refractivity contribution is 1.47. The smallest absolute Gasteiger partial charge is 0.0434 e. The quantitative estimate of drug-likeness (QED) is 0.264. The highest BCUT2D eigenvalue weighted by molar-refractivity contribution is 7.26. The molecule has 0 fully saturated rings. The molecule has 0 aliphatic rings. The SMILES string of the molecule is Cc1cccc(-c2cccc3c2sc2c(-c4ccc(-c5ccccc5)cc4)cccc23)c1. The molecule has 5 aromatic carbocycles. The van der Waals surface area contributed by atoms with Gasteiger partial charge >= 0.3 is 0 Å². The van der Waals surface area contributed by atoms with E-state index in [1.54, 1.807) is 0 Å². The molecular formula is C31H22S. The number of aryl methyl sites for hydroxylation is 1. The van der Waals surface area contributed by atoms with E-state index in [0.717, 1.165) is 0 Å². The second-order valence-corrected chi connectivity index (χ2v) is 9.30. The topological polar surface area (TPSA) is 0 Å². The van der Waals surface area contributed by atoms with Crippen molar-refractivity contribution in [1.29, 1.82) is 0 Å². The largest absolute Gasteiger partial charge is 0.134 e. The molecule has 0 aliphatic heterocycles. The Kier molecular flexibility index (Phi) is 4.63. The maximum absolute atomic E-state index is 2.28. The van der Waals surface area contributed by atoms with Crippen molar-refractivity contribution in [2.75, 3.05) is 0 Å². The molecule has 0 atom stereocenters. The van der Waals surface area contributed by atoms with E-state index in [1.807, 2.05) is 11.3 Å². The van der Waals surface area contributed by atoms with Crippen LogP contribution in [0, 0.1) is 6.92 Å². The van der Waals surface area contributed by atoms with E-state index in [2.05, 4.69) is 122 Å². The Morgan fingerprint density at radius 2 is 0.969 bits per heavy atom. The van der Waals surface area contributed by atoms with Crippen molar-refractivity contribution in [3.63, 3.8) is 0 Å². The average Bonchev–Trinajstić information content (AvgIpc) is 3.24. The molecule has 1 heteroatoms. The summed E-state index contributed by atoms with van der Waals surface area (Å²) >= 11 is 1.91. The van der Waals surface area contributed by atoms with Crippen molar-refractivity contribution in [2.45, 2.75) is 6.92 Å². The highest BCUT2D eigenvalue weighted by Crippen LogP contribution is 2.43. The lowest BCUT2D eigenvalue weighted by atomic mass is 9.98. The molecule has 0 unspecified atom stereocenters. The lowest BCUT2D eigenvalue weighted by Crippen LogP contribution is -1.80. The van der Waals surface area contributed by atoms with Gasteiger partial charge in [-0.15, -0.1) is 11.3 Å². The van der Waals surface area contributed by atoms with E-state index in [1.165, 1.54) is 59.1 Å². The van der Waals surface area contributed by atoms with E-state index in [4.69, 9.17) is 0 Å². The first kappa shape index (κ1) is 19.0.